The maximum Gasteiger partial charge on any atom is 0.409 e. The van der Waals surface area contributed by atoms with E-state index in [4.69, 9.17) is 4.74 Å². The van der Waals surface area contributed by atoms with Crippen LogP contribution in [0.2, 0.25) is 0 Å². The fraction of sp³-hybridized carbons (Fsp3) is 0.435. The first-order valence-electron chi connectivity index (χ1n) is 11.0. The Balaban J connectivity index is 1.58. The minimum absolute atomic E-state index is 0.173. The maximum atomic E-state index is 13.3. The van der Waals surface area contributed by atoms with E-state index in [1.807, 2.05) is 32.0 Å². The lowest BCUT2D eigenvalue weighted by Crippen LogP contribution is -2.51. The zero-order valence-corrected chi connectivity index (χ0v) is 19.4. The van der Waals surface area contributed by atoms with Gasteiger partial charge in [-0.25, -0.2) is 14.2 Å². The van der Waals surface area contributed by atoms with Gasteiger partial charge in [-0.2, -0.15) is 10.2 Å². The summed E-state index contributed by atoms with van der Waals surface area (Å²) in [7, 11) is 0. The molecule has 0 aliphatic carbocycles. The molecule has 1 aliphatic rings. The normalized spacial score (nSPS) is 14.1. The number of benzene rings is 1. The van der Waals surface area contributed by atoms with Crippen molar-refractivity contribution in [2.45, 2.75) is 34.2 Å². The van der Waals surface area contributed by atoms with Crippen LogP contribution in [0.4, 0.5) is 4.79 Å². The lowest BCUT2D eigenvalue weighted by Gasteiger charge is -2.34. The molecule has 0 atom stereocenters. The first-order valence-corrected chi connectivity index (χ1v) is 11.0. The average molecular weight is 453 g/mol. The fourth-order valence-electron chi connectivity index (χ4n) is 3.96. The quantitative estimate of drug-likeness (QED) is 0.598. The standard InChI is InChI=1S/C23H28N6O4/c1-5-33-23(32)27-10-8-26(9-11-27)20(30)14-28-22(31)21-19(17(4)25-28)13-24-29(21)18-7-6-15(2)16(3)12-18/h6-7,12-13H,5,8-11,14H2,1-4H3. The number of carbonyl (C=O) groups is 2. The van der Waals surface area contributed by atoms with Crippen molar-refractivity contribution in [3.63, 3.8) is 0 Å². The molecule has 33 heavy (non-hydrogen) atoms. The predicted octanol–water partition coefficient (Wildman–Crippen LogP) is 1.81. The molecule has 1 fully saturated rings. The van der Waals surface area contributed by atoms with Crippen LogP contribution in [0.25, 0.3) is 16.6 Å². The number of nitrogens with zero attached hydrogens (tertiary/aromatic N) is 6. The van der Waals surface area contributed by atoms with Gasteiger partial charge in [0.25, 0.3) is 5.56 Å². The van der Waals surface area contributed by atoms with Crippen LogP contribution in [0.3, 0.4) is 0 Å². The molecular weight excluding hydrogens is 424 g/mol. The molecule has 0 N–H and O–H groups in total. The third-order valence-corrected chi connectivity index (χ3v) is 6.05. The molecule has 1 aromatic carbocycles. The van der Waals surface area contributed by atoms with E-state index in [0.29, 0.717) is 49.4 Å². The van der Waals surface area contributed by atoms with Gasteiger partial charge in [-0.05, 0) is 51.0 Å². The van der Waals surface area contributed by atoms with Crippen LogP contribution in [0.1, 0.15) is 23.7 Å². The lowest BCUT2D eigenvalue weighted by atomic mass is 10.1. The molecule has 2 amide bonds. The summed E-state index contributed by atoms with van der Waals surface area (Å²) in [5, 5.41) is 9.44. The molecule has 0 spiro atoms. The molecule has 4 rings (SSSR count). The van der Waals surface area contributed by atoms with Gasteiger partial charge in [0.15, 0.2) is 0 Å². The van der Waals surface area contributed by atoms with E-state index in [-0.39, 0.29) is 24.1 Å². The van der Waals surface area contributed by atoms with E-state index < -0.39 is 0 Å². The Morgan fingerprint density at radius 2 is 1.73 bits per heavy atom. The van der Waals surface area contributed by atoms with E-state index in [1.165, 1.54) is 4.68 Å². The first kappa shape index (κ1) is 22.5. The van der Waals surface area contributed by atoms with Crippen LogP contribution < -0.4 is 5.56 Å². The average Bonchev–Trinajstić information content (AvgIpc) is 3.25. The smallest absolute Gasteiger partial charge is 0.409 e. The highest BCUT2D eigenvalue weighted by Crippen LogP contribution is 2.19. The third-order valence-electron chi connectivity index (χ3n) is 6.05. The second kappa shape index (κ2) is 9.05. The summed E-state index contributed by atoms with van der Waals surface area (Å²) in [4.78, 5) is 41.3. The monoisotopic (exact) mass is 452 g/mol. The van der Waals surface area contributed by atoms with E-state index >= 15 is 0 Å². The SMILES string of the molecule is CCOC(=O)N1CCN(C(=O)Cn2nc(C)c3cnn(-c4ccc(C)c(C)c4)c3c2=O)CC1. The van der Waals surface area contributed by atoms with Gasteiger partial charge in [0.05, 0.1) is 24.2 Å². The fourth-order valence-corrected chi connectivity index (χ4v) is 3.96. The number of ether oxygens (including phenoxy) is 1. The Hall–Kier alpha value is -3.69. The molecule has 0 radical (unpaired) electrons. The van der Waals surface area contributed by atoms with E-state index in [2.05, 4.69) is 10.2 Å². The summed E-state index contributed by atoms with van der Waals surface area (Å²) in [6.45, 7) is 9.29. The molecule has 10 nitrogen and oxygen atoms in total. The van der Waals surface area contributed by atoms with Gasteiger partial charge in [-0.3, -0.25) is 9.59 Å². The molecule has 1 saturated heterocycles. The number of hydrogen-bond acceptors (Lipinski definition) is 6. The number of aromatic nitrogens is 4. The van der Waals surface area contributed by atoms with Crippen LogP contribution in [0.5, 0.6) is 0 Å². The van der Waals surface area contributed by atoms with E-state index in [9.17, 15) is 14.4 Å². The van der Waals surface area contributed by atoms with Crippen molar-refractivity contribution in [2.75, 3.05) is 32.8 Å². The molecule has 0 bridgehead atoms. The third kappa shape index (κ3) is 4.33. The number of piperazine rings is 1. The molecule has 3 heterocycles. The lowest BCUT2D eigenvalue weighted by molar-refractivity contribution is -0.133. The number of amides is 2. The summed E-state index contributed by atoms with van der Waals surface area (Å²) < 4.78 is 7.83. The van der Waals surface area contributed by atoms with Crippen LogP contribution in [0, 0.1) is 20.8 Å². The summed E-state index contributed by atoms with van der Waals surface area (Å²) in [5.41, 5.74) is 3.68. The van der Waals surface area contributed by atoms with Crippen LogP contribution >= 0.6 is 0 Å². The minimum Gasteiger partial charge on any atom is -0.450 e. The van der Waals surface area contributed by atoms with Gasteiger partial charge >= 0.3 is 6.09 Å². The van der Waals surface area contributed by atoms with E-state index in [1.54, 1.807) is 34.5 Å². The van der Waals surface area contributed by atoms with Crippen molar-refractivity contribution in [1.82, 2.24) is 29.4 Å². The molecular formula is C23H28N6O4. The van der Waals surface area contributed by atoms with Gasteiger partial charge in [-0.15, -0.1) is 0 Å². The molecule has 174 valence electrons. The predicted molar refractivity (Wildman–Crippen MR) is 123 cm³/mol. The summed E-state index contributed by atoms with van der Waals surface area (Å²) in [6.07, 6.45) is 1.26. The maximum absolute atomic E-state index is 13.3. The van der Waals surface area contributed by atoms with Crippen molar-refractivity contribution in [3.05, 3.63) is 51.6 Å². The number of rotatable bonds is 4. The molecule has 10 heteroatoms. The number of fused-ring (bicyclic) bond motifs is 1. The van der Waals surface area contributed by atoms with Crippen molar-refractivity contribution in [1.29, 1.82) is 0 Å². The van der Waals surface area contributed by atoms with Crippen LogP contribution in [-0.4, -0.2) is 74.1 Å². The largest absolute Gasteiger partial charge is 0.450 e. The summed E-state index contributed by atoms with van der Waals surface area (Å²) >= 11 is 0. The number of aryl methyl sites for hydroxylation is 3. The van der Waals surface area contributed by atoms with Gasteiger partial charge < -0.3 is 14.5 Å². The van der Waals surface area contributed by atoms with Gasteiger partial charge in [0.1, 0.15) is 12.1 Å². The van der Waals surface area contributed by atoms with Crippen molar-refractivity contribution in [3.8, 4) is 5.69 Å². The van der Waals surface area contributed by atoms with Crippen LogP contribution in [0.15, 0.2) is 29.2 Å². The number of hydrogen-bond donors (Lipinski definition) is 0. The first-order chi connectivity index (χ1) is 15.8. The van der Waals surface area contributed by atoms with E-state index in [0.717, 1.165) is 16.8 Å². The van der Waals surface area contributed by atoms with Gasteiger partial charge in [0, 0.05) is 31.6 Å². The topological polar surface area (TPSA) is 103 Å². The Labute approximate surface area is 191 Å². The second-order valence-corrected chi connectivity index (χ2v) is 8.20. The summed E-state index contributed by atoms with van der Waals surface area (Å²) in [6, 6.07) is 5.89. The van der Waals surface area contributed by atoms with Gasteiger partial charge in [-0.1, -0.05) is 6.07 Å². The Morgan fingerprint density at radius 1 is 1.03 bits per heavy atom. The molecule has 1 aliphatic heterocycles. The molecule has 3 aromatic rings. The van der Waals surface area contributed by atoms with Crippen LogP contribution in [-0.2, 0) is 16.1 Å². The van der Waals surface area contributed by atoms with Crippen molar-refractivity contribution in [2.24, 2.45) is 0 Å². The Bertz CT molecular complexity index is 1270. The van der Waals surface area contributed by atoms with Gasteiger partial charge in [0.2, 0.25) is 5.91 Å². The minimum atomic E-state index is -0.372. The highest BCUT2D eigenvalue weighted by atomic mass is 16.6. The summed E-state index contributed by atoms with van der Waals surface area (Å²) in [5.74, 6) is -0.218. The second-order valence-electron chi connectivity index (χ2n) is 8.20. The highest BCUT2D eigenvalue weighted by molar-refractivity contribution is 5.82. The Kier molecular flexibility index (Phi) is 6.17. The highest BCUT2D eigenvalue weighted by Gasteiger charge is 2.26. The zero-order valence-electron chi connectivity index (χ0n) is 19.4. The zero-order chi connectivity index (χ0) is 23.7. The molecule has 0 unspecified atom stereocenters. The number of carbonyl (C=O) groups excluding carboxylic acids is 2. The molecule has 2 aromatic heterocycles. The van der Waals surface area contributed by atoms with Crippen molar-refractivity contribution >= 4 is 22.9 Å². The van der Waals surface area contributed by atoms with Crippen molar-refractivity contribution < 1.29 is 14.3 Å². The molecule has 0 saturated carbocycles. The Morgan fingerprint density at radius 3 is 2.39 bits per heavy atom.